The molecule has 2 aromatic rings. The molecule has 2 aliphatic rings. The van der Waals surface area contributed by atoms with E-state index in [2.05, 4.69) is 0 Å². The molecule has 4 rings (SSSR count). The number of rotatable bonds is 4. The van der Waals surface area contributed by atoms with Crippen LogP contribution in [0.1, 0.15) is 34.6 Å². The topological polar surface area (TPSA) is 120 Å². The van der Waals surface area contributed by atoms with Gasteiger partial charge in [-0.15, -0.1) is 0 Å². The SMILES string of the molecule is COc1ccc([C@H]2CCc3cc([C@]4(O)O[C@H](CO)[C@@H](O)[C@H](O)[C@H]4O)ccc32)cc1. The number of benzene rings is 2. The zero-order chi connectivity index (χ0) is 20.8. The van der Waals surface area contributed by atoms with Gasteiger partial charge in [0.2, 0.25) is 5.79 Å². The van der Waals surface area contributed by atoms with Crippen molar-refractivity contribution < 1.29 is 35.0 Å². The molecule has 6 atom stereocenters. The first-order chi connectivity index (χ1) is 13.9. The minimum atomic E-state index is -2.22. The molecule has 1 heterocycles. The van der Waals surface area contributed by atoms with Crippen molar-refractivity contribution in [2.75, 3.05) is 13.7 Å². The third-order valence-electron chi connectivity index (χ3n) is 6.12. The van der Waals surface area contributed by atoms with Gasteiger partial charge in [0.1, 0.15) is 30.2 Å². The van der Waals surface area contributed by atoms with E-state index in [9.17, 15) is 25.5 Å². The van der Waals surface area contributed by atoms with Gasteiger partial charge in [0, 0.05) is 11.5 Å². The van der Waals surface area contributed by atoms with Crippen molar-refractivity contribution in [3.63, 3.8) is 0 Å². The van der Waals surface area contributed by atoms with Gasteiger partial charge >= 0.3 is 0 Å². The van der Waals surface area contributed by atoms with Crippen LogP contribution in [0.2, 0.25) is 0 Å². The van der Waals surface area contributed by atoms with Gasteiger partial charge in [-0.2, -0.15) is 0 Å². The molecule has 0 radical (unpaired) electrons. The lowest BCUT2D eigenvalue weighted by molar-refractivity contribution is -0.357. The molecule has 0 unspecified atom stereocenters. The first-order valence-electron chi connectivity index (χ1n) is 9.71. The third kappa shape index (κ3) is 3.34. The standard InChI is InChI=1S/C22H26O7/c1-28-15-6-2-12(3-7-15)16-8-4-13-10-14(5-9-17(13)16)22(27)21(26)20(25)19(24)18(11-23)29-22/h2-3,5-7,9-10,16,18-21,23-27H,4,8,11H2,1H3/t16-,18-,19-,20+,21-,22+/m1/s1. The number of fused-ring (bicyclic) bond motifs is 1. The van der Waals surface area contributed by atoms with Gasteiger partial charge < -0.3 is 35.0 Å². The van der Waals surface area contributed by atoms with Gasteiger partial charge in [-0.1, -0.05) is 30.3 Å². The zero-order valence-electron chi connectivity index (χ0n) is 16.1. The molecule has 0 aromatic heterocycles. The number of aliphatic hydroxyl groups excluding tert-OH is 4. The number of hydrogen-bond donors (Lipinski definition) is 5. The summed E-state index contributed by atoms with van der Waals surface area (Å²) in [5.74, 6) is -1.21. The minimum absolute atomic E-state index is 0.217. The van der Waals surface area contributed by atoms with Crippen molar-refractivity contribution in [3.05, 3.63) is 64.7 Å². The van der Waals surface area contributed by atoms with E-state index in [1.165, 1.54) is 5.56 Å². The van der Waals surface area contributed by atoms with E-state index in [0.717, 1.165) is 29.7 Å². The van der Waals surface area contributed by atoms with Crippen molar-refractivity contribution in [2.45, 2.75) is 49.0 Å². The maximum atomic E-state index is 11.0. The van der Waals surface area contributed by atoms with E-state index >= 15 is 0 Å². The molecule has 1 aliphatic carbocycles. The van der Waals surface area contributed by atoms with Crippen LogP contribution < -0.4 is 4.74 Å². The molecule has 0 spiro atoms. The predicted octanol–water partition coefficient (Wildman–Crippen LogP) is 0.392. The van der Waals surface area contributed by atoms with Crippen LogP contribution in [-0.2, 0) is 16.9 Å². The third-order valence-corrected chi connectivity index (χ3v) is 6.12. The lowest BCUT2D eigenvalue weighted by Gasteiger charge is -2.45. The van der Waals surface area contributed by atoms with Crippen LogP contribution in [0, 0.1) is 0 Å². The quantitative estimate of drug-likeness (QED) is 0.502. The molecule has 5 N–H and O–H groups in total. The van der Waals surface area contributed by atoms with Crippen LogP contribution in [-0.4, -0.2) is 63.7 Å². The molecule has 156 valence electrons. The van der Waals surface area contributed by atoms with Crippen molar-refractivity contribution in [3.8, 4) is 5.75 Å². The molecule has 0 amide bonds. The van der Waals surface area contributed by atoms with Crippen LogP contribution in [0.15, 0.2) is 42.5 Å². The molecule has 7 heteroatoms. The first-order valence-corrected chi connectivity index (χ1v) is 9.71. The van der Waals surface area contributed by atoms with Gasteiger partial charge in [-0.05, 0) is 41.7 Å². The highest BCUT2D eigenvalue weighted by Gasteiger charge is 2.53. The number of ether oxygens (including phenoxy) is 2. The molecule has 29 heavy (non-hydrogen) atoms. The highest BCUT2D eigenvalue weighted by Crippen LogP contribution is 2.42. The summed E-state index contributed by atoms with van der Waals surface area (Å²) in [6, 6.07) is 13.3. The maximum Gasteiger partial charge on any atom is 0.222 e. The fraction of sp³-hybridized carbons (Fsp3) is 0.455. The Morgan fingerprint density at radius 3 is 2.45 bits per heavy atom. The Hall–Kier alpha value is -2.00. The van der Waals surface area contributed by atoms with E-state index in [1.54, 1.807) is 19.2 Å². The summed E-state index contributed by atoms with van der Waals surface area (Å²) < 4.78 is 10.7. The summed E-state index contributed by atoms with van der Waals surface area (Å²) in [4.78, 5) is 0. The minimum Gasteiger partial charge on any atom is -0.497 e. The highest BCUT2D eigenvalue weighted by molar-refractivity contribution is 5.46. The smallest absolute Gasteiger partial charge is 0.222 e. The number of aliphatic hydroxyl groups is 5. The Morgan fingerprint density at radius 1 is 1.07 bits per heavy atom. The predicted molar refractivity (Wildman–Crippen MR) is 103 cm³/mol. The van der Waals surface area contributed by atoms with Crippen molar-refractivity contribution >= 4 is 0 Å². The van der Waals surface area contributed by atoms with Crippen LogP contribution in [0.3, 0.4) is 0 Å². The molecule has 2 aromatic carbocycles. The second-order valence-electron chi connectivity index (χ2n) is 7.74. The highest BCUT2D eigenvalue weighted by atomic mass is 16.7. The maximum absolute atomic E-state index is 11.0. The average molecular weight is 402 g/mol. The van der Waals surface area contributed by atoms with Crippen molar-refractivity contribution in [1.29, 1.82) is 0 Å². The van der Waals surface area contributed by atoms with E-state index in [-0.39, 0.29) is 11.5 Å². The number of methoxy groups -OCH3 is 1. The Morgan fingerprint density at radius 2 is 1.79 bits per heavy atom. The number of hydrogen-bond acceptors (Lipinski definition) is 7. The van der Waals surface area contributed by atoms with Gasteiger partial charge in [-0.25, -0.2) is 0 Å². The van der Waals surface area contributed by atoms with Crippen LogP contribution in [0.25, 0.3) is 0 Å². The normalized spacial score (nSPS) is 34.1. The summed E-state index contributed by atoms with van der Waals surface area (Å²) in [5, 5.41) is 50.8. The molecule has 1 aliphatic heterocycles. The zero-order valence-corrected chi connectivity index (χ0v) is 16.1. The molecule has 0 saturated carbocycles. The first kappa shape index (κ1) is 20.3. The second-order valence-corrected chi connectivity index (χ2v) is 7.74. The fourth-order valence-electron chi connectivity index (χ4n) is 4.42. The largest absolute Gasteiger partial charge is 0.497 e. The Labute approximate surface area is 168 Å². The van der Waals surface area contributed by atoms with Gasteiger partial charge in [0.25, 0.3) is 0 Å². The van der Waals surface area contributed by atoms with Crippen LogP contribution >= 0.6 is 0 Å². The van der Waals surface area contributed by atoms with Crippen LogP contribution in [0.4, 0.5) is 0 Å². The lowest BCUT2D eigenvalue weighted by atomic mass is 9.86. The Bertz CT molecular complexity index is 866. The van der Waals surface area contributed by atoms with E-state index < -0.39 is 36.8 Å². The summed E-state index contributed by atoms with van der Waals surface area (Å²) in [6.07, 6.45) is -4.40. The Kier molecular flexibility index (Phi) is 5.37. The van der Waals surface area contributed by atoms with Gasteiger partial charge in [-0.3, -0.25) is 0 Å². The Balaban J connectivity index is 1.65. The molecule has 1 saturated heterocycles. The summed E-state index contributed by atoms with van der Waals surface area (Å²) >= 11 is 0. The van der Waals surface area contributed by atoms with Gasteiger partial charge in [0.15, 0.2) is 0 Å². The number of aryl methyl sites for hydroxylation is 1. The van der Waals surface area contributed by atoms with E-state index in [0.29, 0.717) is 0 Å². The molecule has 7 nitrogen and oxygen atoms in total. The van der Waals surface area contributed by atoms with Crippen LogP contribution in [0.5, 0.6) is 5.75 Å². The molecular formula is C22H26O7. The average Bonchev–Trinajstić information content (AvgIpc) is 3.18. The molecule has 1 fully saturated rings. The van der Waals surface area contributed by atoms with E-state index in [4.69, 9.17) is 9.47 Å². The van der Waals surface area contributed by atoms with Gasteiger partial charge in [0.05, 0.1) is 13.7 Å². The summed E-state index contributed by atoms with van der Waals surface area (Å²) in [7, 11) is 1.63. The summed E-state index contributed by atoms with van der Waals surface area (Å²) in [5.41, 5.74) is 3.60. The van der Waals surface area contributed by atoms with Crippen molar-refractivity contribution in [1.82, 2.24) is 0 Å². The summed E-state index contributed by atoms with van der Waals surface area (Å²) in [6.45, 7) is -0.599. The van der Waals surface area contributed by atoms with Crippen molar-refractivity contribution in [2.24, 2.45) is 0 Å². The van der Waals surface area contributed by atoms with E-state index in [1.807, 2.05) is 30.3 Å². The monoisotopic (exact) mass is 402 g/mol. The molecule has 0 bridgehead atoms. The second kappa shape index (κ2) is 7.68. The molecular weight excluding hydrogens is 376 g/mol. The fourth-order valence-corrected chi connectivity index (χ4v) is 4.42. The lowest BCUT2D eigenvalue weighted by Crippen LogP contribution is -2.63.